The summed E-state index contributed by atoms with van der Waals surface area (Å²) in [7, 11) is 0. The molecular formula is C23H37N3O6. The van der Waals surface area contributed by atoms with Crippen molar-refractivity contribution in [3.05, 3.63) is 29.8 Å². The Hall–Kier alpha value is -2.81. The van der Waals surface area contributed by atoms with Gasteiger partial charge < -0.3 is 30.5 Å². The molecule has 180 valence electrons. The van der Waals surface area contributed by atoms with Crippen molar-refractivity contribution in [2.24, 2.45) is 0 Å². The number of hydrogen-bond acceptors (Lipinski definition) is 6. The van der Waals surface area contributed by atoms with Gasteiger partial charge in [-0.15, -0.1) is 0 Å². The fourth-order valence-corrected chi connectivity index (χ4v) is 3.12. The summed E-state index contributed by atoms with van der Waals surface area (Å²) in [4.78, 5) is 39.6. The molecule has 0 fully saturated rings. The highest BCUT2D eigenvalue weighted by molar-refractivity contribution is 5.92. The van der Waals surface area contributed by atoms with Gasteiger partial charge >= 0.3 is 6.09 Å². The van der Waals surface area contributed by atoms with E-state index < -0.39 is 35.6 Å². The molecule has 0 bridgehead atoms. The van der Waals surface area contributed by atoms with Crippen LogP contribution in [0.5, 0.6) is 5.75 Å². The normalized spacial score (nSPS) is 13.1. The molecule has 2 atom stereocenters. The number of alkyl carbamates (subject to hydrolysis) is 1. The Labute approximate surface area is 190 Å². The zero-order valence-corrected chi connectivity index (χ0v) is 19.7. The van der Waals surface area contributed by atoms with Gasteiger partial charge in [-0.05, 0) is 51.8 Å². The molecule has 0 spiro atoms. The van der Waals surface area contributed by atoms with E-state index in [-0.39, 0.29) is 18.9 Å². The van der Waals surface area contributed by atoms with Crippen LogP contribution in [0.3, 0.4) is 0 Å². The van der Waals surface area contributed by atoms with E-state index >= 15 is 0 Å². The van der Waals surface area contributed by atoms with Crippen LogP contribution >= 0.6 is 0 Å². The molecule has 1 aromatic rings. The maximum Gasteiger partial charge on any atom is 0.408 e. The number of carbonyl (C=O) groups excluding carboxylic acids is 3. The van der Waals surface area contributed by atoms with E-state index in [0.717, 1.165) is 19.3 Å². The summed E-state index contributed by atoms with van der Waals surface area (Å²) in [6.45, 7) is 8.57. The number of phenols is 1. The van der Waals surface area contributed by atoms with Crippen LogP contribution in [0.2, 0.25) is 0 Å². The molecule has 0 heterocycles. The number of carbonyl (C=O) groups is 3. The molecule has 3 amide bonds. The van der Waals surface area contributed by atoms with Crippen LogP contribution in [0.1, 0.15) is 65.5 Å². The van der Waals surface area contributed by atoms with Crippen LogP contribution in [-0.4, -0.2) is 64.4 Å². The van der Waals surface area contributed by atoms with Crippen LogP contribution < -0.4 is 10.6 Å². The topological polar surface area (TPSA) is 128 Å². The molecule has 4 N–H and O–H groups in total. The lowest BCUT2D eigenvalue weighted by Crippen LogP contribution is -2.52. The van der Waals surface area contributed by atoms with Gasteiger partial charge in [0, 0.05) is 13.1 Å². The van der Waals surface area contributed by atoms with Crippen molar-refractivity contribution in [2.45, 2.75) is 71.6 Å². The summed E-state index contributed by atoms with van der Waals surface area (Å²) < 4.78 is 5.20. The summed E-state index contributed by atoms with van der Waals surface area (Å²) >= 11 is 0. The highest BCUT2D eigenvalue weighted by Crippen LogP contribution is 2.25. The molecule has 0 radical (unpaired) electrons. The number of unbranched alkanes of at least 4 members (excludes halogenated alkanes) is 2. The molecule has 0 aliphatic rings. The molecule has 0 saturated heterocycles. The quantitative estimate of drug-likeness (QED) is 0.383. The molecule has 0 aliphatic heterocycles. The number of nitrogens with zero attached hydrogens (tertiary/aromatic N) is 1. The van der Waals surface area contributed by atoms with Gasteiger partial charge in [-0.25, -0.2) is 4.79 Å². The molecule has 0 aliphatic carbocycles. The number of aromatic hydroxyl groups is 1. The molecule has 9 nitrogen and oxygen atoms in total. The lowest BCUT2D eigenvalue weighted by atomic mass is 10.0. The average molecular weight is 452 g/mol. The third-order valence-corrected chi connectivity index (χ3v) is 4.55. The van der Waals surface area contributed by atoms with E-state index in [9.17, 15) is 24.6 Å². The predicted molar refractivity (Wildman–Crippen MR) is 121 cm³/mol. The van der Waals surface area contributed by atoms with Gasteiger partial charge in [0.05, 0.1) is 6.61 Å². The smallest absolute Gasteiger partial charge is 0.408 e. The standard InChI is InChI=1S/C23H37N3O6/c1-6-7-8-12-24-20(29)19(17-10-9-11-18(28)15-17)26(13-14-27)21(30)16(2)25-22(31)32-23(3,4)5/h9-11,15-16,19,27-28H,6-8,12-14H2,1-5H3,(H,24,29)(H,25,31). The van der Waals surface area contributed by atoms with E-state index in [2.05, 4.69) is 17.6 Å². The molecular weight excluding hydrogens is 414 g/mol. The highest BCUT2D eigenvalue weighted by atomic mass is 16.6. The van der Waals surface area contributed by atoms with Crippen LogP contribution in [0.15, 0.2) is 24.3 Å². The second-order valence-corrected chi connectivity index (χ2v) is 8.62. The van der Waals surface area contributed by atoms with Crippen molar-refractivity contribution >= 4 is 17.9 Å². The number of aliphatic hydroxyl groups excluding tert-OH is 1. The SMILES string of the molecule is CCCCCNC(=O)C(c1cccc(O)c1)N(CCO)C(=O)C(C)NC(=O)OC(C)(C)C. The van der Waals surface area contributed by atoms with Gasteiger partial charge in [0.15, 0.2) is 0 Å². The van der Waals surface area contributed by atoms with Crippen molar-refractivity contribution in [1.82, 2.24) is 15.5 Å². The predicted octanol–water partition coefficient (Wildman–Crippen LogP) is 2.47. The molecule has 9 heteroatoms. The zero-order chi connectivity index (χ0) is 24.3. The first-order valence-corrected chi connectivity index (χ1v) is 11.0. The number of hydrogen-bond donors (Lipinski definition) is 4. The minimum Gasteiger partial charge on any atom is -0.508 e. The van der Waals surface area contributed by atoms with E-state index in [4.69, 9.17) is 4.74 Å². The summed E-state index contributed by atoms with van der Waals surface area (Å²) in [6.07, 6.45) is 1.97. The van der Waals surface area contributed by atoms with Crippen LogP contribution in [-0.2, 0) is 14.3 Å². The van der Waals surface area contributed by atoms with Gasteiger partial charge in [0.2, 0.25) is 11.8 Å². The average Bonchev–Trinajstić information content (AvgIpc) is 2.69. The maximum atomic E-state index is 13.2. The number of aliphatic hydroxyl groups is 1. The Kier molecular flexibility index (Phi) is 11.0. The second-order valence-electron chi connectivity index (χ2n) is 8.62. The third kappa shape index (κ3) is 9.13. The molecule has 32 heavy (non-hydrogen) atoms. The number of ether oxygens (including phenoxy) is 1. The van der Waals surface area contributed by atoms with Crippen molar-refractivity contribution in [1.29, 1.82) is 0 Å². The largest absolute Gasteiger partial charge is 0.508 e. The highest BCUT2D eigenvalue weighted by Gasteiger charge is 2.34. The zero-order valence-electron chi connectivity index (χ0n) is 19.7. The molecule has 1 rings (SSSR count). The van der Waals surface area contributed by atoms with Crippen molar-refractivity contribution in [3.63, 3.8) is 0 Å². The van der Waals surface area contributed by atoms with Crippen molar-refractivity contribution in [3.8, 4) is 5.75 Å². The Morgan fingerprint density at radius 1 is 1.19 bits per heavy atom. The Morgan fingerprint density at radius 2 is 1.88 bits per heavy atom. The van der Waals surface area contributed by atoms with Crippen molar-refractivity contribution < 1.29 is 29.3 Å². The third-order valence-electron chi connectivity index (χ3n) is 4.55. The summed E-state index contributed by atoms with van der Waals surface area (Å²) in [5.74, 6) is -1.05. The molecule has 0 saturated carbocycles. The van der Waals surface area contributed by atoms with Crippen LogP contribution in [0.25, 0.3) is 0 Å². The number of phenolic OH excluding ortho intramolecular Hbond substituents is 1. The molecule has 2 unspecified atom stereocenters. The molecule has 1 aromatic carbocycles. The second kappa shape index (κ2) is 12.9. The first-order valence-electron chi connectivity index (χ1n) is 11.0. The maximum absolute atomic E-state index is 13.2. The monoisotopic (exact) mass is 451 g/mol. The minimum atomic E-state index is -1.09. The fourth-order valence-electron chi connectivity index (χ4n) is 3.12. The summed E-state index contributed by atoms with van der Waals surface area (Å²) in [5, 5.41) is 24.8. The van der Waals surface area contributed by atoms with Crippen LogP contribution in [0, 0.1) is 0 Å². The number of amides is 3. The van der Waals surface area contributed by atoms with E-state index in [1.807, 2.05) is 0 Å². The number of rotatable bonds is 11. The minimum absolute atomic E-state index is 0.0531. The lowest BCUT2D eigenvalue weighted by molar-refractivity contribution is -0.142. The van der Waals surface area contributed by atoms with Crippen molar-refractivity contribution in [2.75, 3.05) is 19.7 Å². The van der Waals surface area contributed by atoms with Gasteiger partial charge in [0.25, 0.3) is 0 Å². The van der Waals surface area contributed by atoms with E-state index in [1.54, 1.807) is 32.9 Å². The molecule has 0 aromatic heterocycles. The number of benzene rings is 1. The Bertz CT molecular complexity index is 762. The summed E-state index contributed by atoms with van der Waals surface area (Å²) in [5.41, 5.74) is -0.343. The number of nitrogens with one attached hydrogen (secondary N) is 2. The lowest BCUT2D eigenvalue weighted by Gasteiger charge is -2.33. The van der Waals surface area contributed by atoms with E-state index in [0.29, 0.717) is 12.1 Å². The van der Waals surface area contributed by atoms with E-state index in [1.165, 1.54) is 24.0 Å². The summed E-state index contributed by atoms with van der Waals surface area (Å²) in [6, 6.07) is 3.96. The Balaban J connectivity index is 3.15. The van der Waals surface area contributed by atoms with Gasteiger partial charge in [0.1, 0.15) is 23.4 Å². The fraction of sp³-hybridized carbons (Fsp3) is 0.609. The first-order chi connectivity index (χ1) is 15.0. The van der Waals surface area contributed by atoms with Gasteiger partial charge in [-0.2, -0.15) is 0 Å². The van der Waals surface area contributed by atoms with Gasteiger partial charge in [-0.1, -0.05) is 31.9 Å². The van der Waals surface area contributed by atoms with Crippen LogP contribution in [0.4, 0.5) is 4.79 Å². The van der Waals surface area contributed by atoms with Gasteiger partial charge in [-0.3, -0.25) is 9.59 Å². The Morgan fingerprint density at radius 3 is 2.44 bits per heavy atom. The first kappa shape index (κ1) is 27.2.